The fraction of sp³-hybridized carbons (Fsp3) is 0.174. The fourth-order valence-corrected chi connectivity index (χ4v) is 4.61. The molecule has 1 N–H and O–H groups in total. The van der Waals surface area contributed by atoms with E-state index >= 15 is 0 Å². The number of hydrogen-bond donors (Lipinski definition) is 1. The maximum absolute atomic E-state index is 13.0. The van der Waals surface area contributed by atoms with Crippen LogP contribution < -0.4 is 10.1 Å². The van der Waals surface area contributed by atoms with E-state index in [9.17, 15) is 9.18 Å². The van der Waals surface area contributed by atoms with Crippen LogP contribution in [0.25, 0.3) is 16.4 Å². The number of halogens is 1. The van der Waals surface area contributed by atoms with Gasteiger partial charge in [-0.25, -0.2) is 4.39 Å². The minimum atomic E-state index is -0.268. The number of aromatic nitrogens is 3. The lowest BCUT2D eigenvalue weighted by atomic mass is 10.1. The number of amides is 1. The number of nitrogens with one attached hydrogen (secondary N) is 1. The number of para-hydroxylation sites is 2. The lowest BCUT2D eigenvalue weighted by molar-refractivity contribution is -0.118. The van der Waals surface area contributed by atoms with Crippen molar-refractivity contribution in [3.8, 4) is 22.1 Å². The van der Waals surface area contributed by atoms with E-state index in [4.69, 9.17) is 4.74 Å². The second-order valence-electron chi connectivity index (χ2n) is 6.81. The van der Waals surface area contributed by atoms with E-state index < -0.39 is 0 Å². The molecule has 0 spiro atoms. The fourth-order valence-electron chi connectivity index (χ4n) is 3.14. The third-order valence-electron chi connectivity index (χ3n) is 4.68. The zero-order valence-corrected chi connectivity index (χ0v) is 19.0. The Morgan fingerprint density at radius 3 is 2.69 bits per heavy atom. The molecule has 6 nitrogen and oxygen atoms in total. The molecule has 0 radical (unpaired) electrons. The molecule has 0 saturated carbocycles. The van der Waals surface area contributed by atoms with Gasteiger partial charge in [-0.05, 0) is 47.7 Å². The smallest absolute Gasteiger partial charge is 0.230 e. The molecule has 2 aromatic heterocycles. The average Bonchev–Trinajstić information content (AvgIpc) is 3.49. The highest BCUT2D eigenvalue weighted by molar-refractivity contribution is 7.99. The molecule has 0 aliphatic heterocycles. The van der Waals surface area contributed by atoms with Gasteiger partial charge in [0.25, 0.3) is 0 Å². The van der Waals surface area contributed by atoms with Gasteiger partial charge in [-0.3, -0.25) is 9.36 Å². The second kappa shape index (κ2) is 10.4. The molecule has 1 amide bonds. The quantitative estimate of drug-likeness (QED) is 0.364. The maximum Gasteiger partial charge on any atom is 0.230 e. The van der Waals surface area contributed by atoms with Gasteiger partial charge in [-0.15, -0.1) is 21.5 Å². The van der Waals surface area contributed by atoms with Crippen molar-refractivity contribution >= 4 is 29.0 Å². The highest BCUT2D eigenvalue weighted by Gasteiger charge is 2.20. The summed E-state index contributed by atoms with van der Waals surface area (Å²) in [6, 6.07) is 17.9. The first kappa shape index (κ1) is 22.0. The van der Waals surface area contributed by atoms with Gasteiger partial charge >= 0.3 is 0 Å². The molecule has 0 saturated heterocycles. The number of nitrogens with zero attached hydrogens (tertiary/aromatic N) is 3. The molecule has 4 rings (SSSR count). The van der Waals surface area contributed by atoms with Crippen LogP contribution in [0.15, 0.2) is 71.2 Å². The van der Waals surface area contributed by atoms with E-state index in [1.807, 2.05) is 46.3 Å². The number of carbonyl (C=O) groups excluding carboxylic acids is 1. The van der Waals surface area contributed by atoms with Crippen LogP contribution in [0.2, 0.25) is 0 Å². The lowest BCUT2D eigenvalue weighted by Gasteiger charge is -2.13. The zero-order valence-electron chi connectivity index (χ0n) is 17.3. The first-order valence-corrected chi connectivity index (χ1v) is 11.8. The van der Waals surface area contributed by atoms with E-state index in [0.717, 1.165) is 16.1 Å². The van der Waals surface area contributed by atoms with E-state index in [1.54, 1.807) is 30.6 Å². The second-order valence-corrected chi connectivity index (χ2v) is 8.70. The van der Waals surface area contributed by atoms with Crippen LogP contribution >= 0.6 is 23.1 Å². The molecule has 0 aliphatic rings. The number of methoxy groups -OCH3 is 1. The summed E-state index contributed by atoms with van der Waals surface area (Å²) in [7, 11) is 1.62. The molecule has 0 unspecified atom stereocenters. The van der Waals surface area contributed by atoms with Gasteiger partial charge < -0.3 is 10.1 Å². The Morgan fingerprint density at radius 2 is 1.94 bits per heavy atom. The van der Waals surface area contributed by atoms with Crippen molar-refractivity contribution in [3.05, 3.63) is 77.4 Å². The number of hydrogen-bond acceptors (Lipinski definition) is 6. The summed E-state index contributed by atoms with van der Waals surface area (Å²) in [5, 5.41) is 14.2. The molecule has 0 fully saturated rings. The van der Waals surface area contributed by atoms with Gasteiger partial charge in [0.15, 0.2) is 11.0 Å². The first-order valence-electron chi connectivity index (χ1n) is 9.92. The molecule has 32 heavy (non-hydrogen) atoms. The molecule has 9 heteroatoms. The summed E-state index contributed by atoms with van der Waals surface area (Å²) in [5.74, 6) is 1.21. The SMILES string of the molecule is COc1ccccc1-n1c(SCC(=O)NCCc2ccc(F)cc2)nnc1-c1cccs1. The molecular formula is C23H21FN4O2S2. The van der Waals surface area contributed by atoms with E-state index in [1.165, 1.54) is 23.9 Å². The number of thioether (sulfide) groups is 1. The highest BCUT2D eigenvalue weighted by atomic mass is 32.2. The van der Waals surface area contributed by atoms with Crippen LogP contribution in [0, 0.1) is 5.82 Å². The van der Waals surface area contributed by atoms with E-state index in [2.05, 4.69) is 15.5 Å². The maximum atomic E-state index is 13.0. The van der Waals surface area contributed by atoms with E-state index in [0.29, 0.717) is 29.7 Å². The van der Waals surface area contributed by atoms with Gasteiger partial charge in [0.05, 0.1) is 23.4 Å². The molecule has 0 aliphatic carbocycles. The average molecular weight is 469 g/mol. The van der Waals surface area contributed by atoms with Crippen molar-refractivity contribution in [1.82, 2.24) is 20.1 Å². The number of carbonyl (C=O) groups is 1. The highest BCUT2D eigenvalue weighted by Crippen LogP contribution is 2.33. The van der Waals surface area contributed by atoms with Gasteiger partial charge in [0.1, 0.15) is 11.6 Å². The van der Waals surface area contributed by atoms with Gasteiger partial charge in [-0.2, -0.15) is 0 Å². The summed E-state index contributed by atoms with van der Waals surface area (Å²) in [4.78, 5) is 13.4. The summed E-state index contributed by atoms with van der Waals surface area (Å²) in [5.41, 5.74) is 1.78. The Hall–Kier alpha value is -3.17. The van der Waals surface area contributed by atoms with Crippen molar-refractivity contribution in [2.45, 2.75) is 11.6 Å². The van der Waals surface area contributed by atoms with Gasteiger partial charge in [0.2, 0.25) is 5.91 Å². The molecule has 2 aromatic carbocycles. The van der Waals surface area contributed by atoms with Crippen LogP contribution in [0.1, 0.15) is 5.56 Å². The normalized spacial score (nSPS) is 10.8. The zero-order chi connectivity index (χ0) is 22.3. The molecular weight excluding hydrogens is 447 g/mol. The Morgan fingerprint density at radius 1 is 1.12 bits per heavy atom. The van der Waals surface area contributed by atoms with Crippen LogP contribution in [0.4, 0.5) is 4.39 Å². The third kappa shape index (κ3) is 5.17. The third-order valence-corrected chi connectivity index (χ3v) is 6.48. The Bertz CT molecular complexity index is 1180. The number of thiophene rings is 1. The monoisotopic (exact) mass is 468 g/mol. The van der Waals surface area contributed by atoms with Crippen LogP contribution in [-0.2, 0) is 11.2 Å². The topological polar surface area (TPSA) is 69.0 Å². The largest absolute Gasteiger partial charge is 0.495 e. The van der Waals surface area contributed by atoms with Crippen molar-refractivity contribution in [1.29, 1.82) is 0 Å². The van der Waals surface area contributed by atoms with Crippen LogP contribution in [0.5, 0.6) is 5.75 Å². The summed E-state index contributed by atoms with van der Waals surface area (Å²) < 4.78 is 20.5. The van der Waals surface area contributed by atoms with Gasteiger partial charge in [0, 0.05) is 6.54 Å². The Kier molecular flexibility index (Phi) is 7.18. The van der Waals surface area contributed by atoms with Crippen LogP contribution in [-0.4, -0.2) is 40.1 Å². The summed E-state index contributed by atoms with van der Waals surface area (Å²) >= 11 is 2.88. The molecule has 2 heterocycles. The van der Waals surface area contributed by atoms with Crippen LogP contribution in [0.3, 0.4) is 0 Å². The summed E-state index contributed by atoms with van der Waals surface area (Å²) in [6.07, 6.45) is 0.636. The van der Waals surface area contributed by atoms with E-state index in [-0.39, 0.29) is 17.5 Å². The lowest BCUT2D eigenvalue weighted by Crippen LogP contribution is -2.27. The number of ether oxygens (including phenoxy) is 1. The van der Waals surface area contributed by atoms with Crippen molar-refractivity contribution < 1.29 is 13.9 Å². The molecule has 0 atom stereocenters. The molecule has 4 aromatic rings. The summed E-state index contributed by atoms with van der Waals surface area (Å²) in [6.45, 7) is 0.477. The Balaban J connectivity index is 1.46. The van der Waals surface area contributed by atoms with Crippen molar-refractivity contribution in [3.63, 3.8) is 0 Å². The number of benzene rings is 2. The Labute approximate surface area is 193 Å². The van der Waals surface area contributed by atoms with Crippen molar-refractivity contribution in [2.75, 3.05) is 19.4 Å². The molecule has 0 bridgehead atoms. The van der Waals surface area contributed by atoms with Crippen molar-refractivity contribution in [2.24, 2.45) is 0 Å². The molecule has 164 valence electrons. The first-order chi connectivity index (χ1) is 15.7. The number of rotatable bonds is 9. The predicted molar refractivity (Wildman–Crippen MR) is 125 cm³/mol. The minimum Gasteiger partial charge on any atom is -0.495 e. The standard InChI is InChI=1S/C23H21FN4O2S2/c1-30-19-6-3-2-5-18(19)28-22(20-7-4-14-31-20)26-27-23(28)32-15-21(29)25-13-12-16-8-10-17(24)11-9-16/h2-11,14H,12-13,15H2,1H3,(H,25,29). The predicted octanol–water partition coefficient (Wildman–Crippen LogP) is 4.59. The minimum absolute atomic E-state index is 0.107. The van der Waals surface area contributed by atoms with Gasteiger partial charge in [-0.1, -0.05) is 42.1 Å².